The fraction of sp³-hybridized carbons (Fsp3) is 0.167. The molecule has 4 aromatic rings. The van der Waals surface area contributed by atoms with E-state index in [1.54, 1.807) is 29.1 Å². The monoisotopic (exact) mass is 379 g/mol. The van der Waals surface area contributed by atoms with Gasteiger partial charge in [0.25, 0.3) is 5.91 Å². The number of anilines is 1. The van der Waals surface area contributed by atoms with Gasteiger partial charge in [-0.05, 0) is 31.2 Å². The lowest BCUT2D eigenvalue weighted by molar-refractivity contribution is -0.121. The fourth-order valence-corrected chi connectivity index (χ4v) is 2.93. The first-order chi connectivity index (χ1) is 13.7. The maximum atomic E-state index is 12.6. The molecular formula is C18H17N7O3. The Kier molecular flexibility index (Phi) is 4.58. The Hall–Kier alpha value is -3.95. The van der Waals surface area contributed by atoms with Crippen LogP contribution in [-0.4, -0.2) is 30.2 Å². The Morgan fingerprint density at radius 2 is 1.82 bits per heavy atom. The molecule has 0 aliphatic carbocycles. The summed E-state index contributed by atoms with van der Waals surface area (Å²) in [6.07, 6.45) is 3.23. The largest absolute Gasteiger partial charge is 0.340 e. The second kappa shape index (κ2) is 7.35. The number of para-hydroxylation sites is 2. The van der Waals surface area contributed by atoms with E-state index in [-0.39, 0.29) is 18.2 Å². The fourth-order valence-electron chi connectivity index (χ4n) is 2.93. The van der Waals surface area contributed by atoms with Crippen LogP contribution in [0.15, 0.2) is 58.1 Å². The van der Waals surface area contributed by atoms with Gasteiger partial charge in [-0.2, -0.15) is 4.98 Å². The minimum absolute atomic E-state index is 0.0310. The molecule has 28 heavy (non-hydrogen) atoms. The van der Waals surface area contributed by atoms with Gasteiger partial charge in [-0.1, -0.05) is 17.3 Å². The second-order valence-electron chi connectivity index (χ2n) is 5.93. The molecule has 2 N–H and O–H groups in total. The van der Waals surface area contributed by atoms with Crippen molar-refractivity contribution in [2.24, 2.45) is 0 Å². The minimum atomic E-state index is -0.426. The zero-order chi connectivity index (χ0) is 19.5. The van der Waals surface area contributed by atoms with Gasteiger partial charge in [0.2, 0.25) is 5.82 Å². The Bertz CT molecular complexity index is 1180. The Labute approximate surface area is 158 Å². The molecule has 0 saturated carbocycles. The number of nitrogens with zero attached hydrogens (tertiary/aromatic N) is 5. The standard InChI is InChI=1S/C18H17N7O3/c1-2-24-13-5-3-4-6-14(13)25(18(24)27)11-15(26)21-22-17-20-16(23-28-17)12-7-9-19-10-8-12/h3-10H,2,11H2,1H3,(H,21,26)(H,20,22,23). The van der Waals surface area contributed by atoms with Gasteiger partial charge in [0, 0.05) is 24.5 Å². The SMILES string of the molecule is CCn1c(=O)n(CC(=O)NNc2nc(-c3ccncc3)no2)c2ccccc21. The average Bonchev–Trinajstić information content (AvgIpc) is 3.30. The molecule has 0 radical (unpaired) electrons. The van der Waals surface area contributed by atoms with Crippen molar-refractivity contribution < 1.29 is 9.32 Å². The van der Waals surface area contributed by atoms with Gasteiger partial charge in [-0.25, -0.2) is 10.2 Å². The molecule has 10 heteroatoms. The van der Waals surface area contributed by atoms with E-state index in [2.05, 4.69) is 26.0 Å². The van der Waals surface area contributed by atoms with Gasteiger partial charge in [0.1, 0.15) is 6.54 Å². The Balaban J connectivity index is 1.46. The summed E-state index contributed by atoms with van der Waals surface area (Å²) in [5, 5.41) is 3.83. The van der Waals surface area contributed by atoms with Crippen LogP contribution in [0.5, 0.6) is 0 Å². The first-order valence-electron chi connectivity index (χ1n) is 8.64. The van der Waals surface area contributed by atoms with Crippen LogP contribution in [0.25, 0.3) is 22.4 Å². The summed E-state index contributed by atoms with van der Waals surface area (Å²) in [4.78, 5) is 32.9. The molecule has 1 amide bonds. The van der Waals surface area contributed by atoms with Crippen molar-refractivity contribution >= 4 is 23.0 Å². The predicted molar refractivity (Wildman–Crippen MR) is 101 cm³/mol. The average molecular weight is 379 g/mol. The van der Waals surface area contributed by atoms with Crippen molar-refractivity contribution in [2.75, 3.05) is 5.43 Å². The van der Waals surface area contributed by atoms with Gasteiger partial charge < -0.3 is 4.52 Å². The molecule has 0 bridgehead atoms. The molecule has 3 heterocycles. The van der Waals surface area contributed by atoms with Crippen molar-refractivity contribution in [1.82, 2.24) is 29.7 Å². The molecule has 0 spiro atoms. The van der Waals surface area contributed by atoms with E-state index in [4.69, 9.17) is 4.52 Å². The van der Waals surface area contributed by atoms with Crippen LogP contribution in [0.4, 0.5) is 6.01 Å². The number of nitrogens with one attached hydrogen (secondary N) is 2. The summed E-state index contributed by atoms with van der Waals surface area (Å²) in [5.41, 5.74) is 7.01. The second-order valence-corrected chi connectivity index (χ2v) is 5.93. The third-order valence-corrected chi connectivity index (χ3v) is 4.22. The number of amides is 1. The zero-order valence-electron chi connectivity index (χ0n) is 15.0. The third-order valence-electron chi connectivity index (χ3n) is 4.22. The van der Waals surface area contributed by atoms with Crippen LogP contribution in [0.3, 0.4) is 0 Å². The van der Waals surface area contributed by atoms with Gasteiger partial charge >= 0.3 is 11.7 Å². The highest BCUT2D eigenvalue weighted by Gasteiger charge is 2.15. The molecule has 4 rings (SSSR count). The zero-order valence-corrected chi connectivity index (χ0v) is 15.0. The minimum Gasteiger partial charge on any atom is -0.313 e. The lowest BCUT2D eigenvalue weighted by atomic mass is 10.3. The number of rotatable bonds is 6. The van der Waals surface area contributed by atoms with Crippen LogP contribution in [0.1, 0.15) is 6.92 Å². The summed E-state index contributed by atoms with van der Waals surface area (Å²) in [6, 6.07) is 10.9. The van der Waals surface area contributed by atoms with Gasteiger partial charge in [-0.3, -0.25) is 24.3 Å². The lowest BCUT2D eigenvalue weighted by Gasteiger charge is -2.05. The molecule has 0 aliphatic heterocycles. The molecule has 0 saturated heterocycles. The highest BCUT2D eigenvalue weighted by Crippen LogP contribution is 2.16. The van der Waals surface area contributed by atoms with Crippen LogP contribution in [0.2, 0.25) is 0 Å². The predicted octanol–water partition coefficient (Wildman–Crippen LogP) is 1.41. The number of imidazole rings is 1. The number of fused-ring (bicyclic) bond motifs is 1. The number of benzene rings is 1. The number of carbonyl (C=O) groups is 1. The molecule has 0 aliphatic rings. The summed E-state index contributed by atoms with van der Waals surface area (Å²) in [6.45, 7) is 2.26. The molecule has 10 nitrogen and oxygen atoms in total. The van der Waals surface area contributed by atoms with Crippen LogP contribution >= 0.6 is 0 Å². The summed E-state index contributed by atoms with van der Waals surface area (Å²) >= 11 is 0. The topological polar surface area (TPSA) is 120 Å². The van der Waals surface area contributed by atoms with Crippen molar-refractivity contribution in [3.63, 3.8) is 0 Å². The molecule has 0 atom stereocenters. The van der Waals surface area contributed by atoms with Crippen molar-refractivity contribution in [2.45, 2.75) is 20.0 Å². The van der Waals surface area contributed by atoms with Gasteiger partial charge in [0.15, 0.2) is 0 Å². The normalized spacial score (nSPS) is 10.9. The molecule has 0 fully saturated rings. The van der Waals surface area contributed by atoms with Crippen molar-refractivity contribution in [3.8, 4) is 11.4 Å². The molecule has 0 unspecified atom stereocenters. The number of carbonyl (C=O) groups excluding carboxylic acids is 1. The van der Waals surface area contributed by atoms with Crippen LogP contribution in [0, 0.1) is 0 Å². The summed E-state index contributed by atoms with van der Waals surface area (Å²) in [7, 11) is 0. The number of hydrogen-bond donors (Lipinski definition) is 2. The number of hydrazine groups is 1. The number of aryl methyl sites for hydroxylation is 1. The number of hydrogen-bond acceptors (Lipinski definition) is 7. The Morgan fingerprint density at radius 3 is 2.54 bits per heavy atom. The first-order valence-corrected chi connectivity index (χ1v) is 8.64. The van der Waals surface area contributed by atoms with E-state index in [0.717, 1.165) is 11.1 Å². The third kappa shape index (κ3) is 3.22. The maximum absolute atomic E-state index is 12.6. The summed E-state index contributed by atoms with van der Waals surface area (Å²) in [5.74, 6) is -0.0637. The number of aromatic nitrogens is 5. The van der Waals surface area contributed by atoms with E-state index < -0.39 is 5.91 Å². The van der Waals surface area contributed by atoms with E-state index in [9.17, 15) is 9.59 Å². The van der Waals surface area contributed by atoms with Crippen molar-refractivity contribution in [1.29, 1.82) is 0 Å². The first kappa shape index (κ1) is 17.5. The quantitative estimate of drug-likeness (QED) is 0.486. The van der Waals surface area contributed by atoms with Gasteiger partial charge in [-0.15, -0.1) is 0 Å². The summed E-state index contributed by atoms with van der Waals surface area (Å²) < 4.78 is 8.10. The smallest absolute Gasteiger partial charge is 0.313 e. The maximum Gasteiger partial charge on any atom is 0.340 e. The van der Waals surface area contributed by atoms with Gasteiger partial charge in [0.05, 0.1) is 11.0 Å². The Morgan fingerprint density at radius 1 is 1.11 bits per heavy atom. The van der Waals surface area contributed by atoms with Crippen LogP contribution in [-0.2, 0) is 17.9 Å². The number of pyridine rings is 1. The lowest BCUT2D eigenvalue weighted by Crippen LogP contribution is -2.36. The highest BCUT2D eigenvalue weighted by atomic mass is 16.5. The van der Waals surface area contributed by atoms with E-state index >= 15 is 0 Å². The molecular weight excluding hydrogens is 362 g/mol. The molecule has 142 valence electrons. The van der Waals surface area contributed by atoms with E-state index in [0.29, 0.717) is 17.9 Å². The van der Waals surface area contributed by atoms with E-state index in [1.165, 1.54) is 4.57 Å². The molecule has 1 aromatic carbocycles. The van der Waals surface area contributed by atoms with Crippen LogP contribution < -0.4 is 16.5 Å². The highest BCUT2D eigenvalue weighted by molar-refractivity contribution is 5.81. The van der Waals surface area contributed by atoms with E-state index in [1.807, 2.05) is 31.2 Å². The molecule has 3 aromatic heterocycles. The van der Waals surface area contributed by atoms with Crippen molar-refractivity contribution in [3.05, 3.63) is 59.3 Å².